The molecule has 1 amide bonds. The third-order valence-electron chi connectivity index (χ3n) is 6.14. The monoisotopic (exact) mass is 337 g/mol. The Morgan fingerprint density at radius 1 is 1.20 bits per heavy atom. The van der Waals surface area contributed by atoms with E-state index in [0.717, 1.165) is 11.6 Å². The smallest absolute Gasteiger partial charge is 0.269 e. The van der Waals surface area contributed by atoms with Crippen LogP contribution in [-0.2, 0) is 7.05 Å². The van der Waals surface area contributed by atoms with Gasteiger partial charge in [-0.25, -0.2) is 0 Å². The average molecular weight is 337 g/mol. The molecule has 1 heterocycles. The van der Waals surface area contributed by atoms with Crippen LogP contribution in [0.1, 0.15) is 66.7 Å². The Kier molecular flexibility index (Phi) is 4.14. The minimum Gasteiger partial charge on any atom is -0.347 e. The minimum absolute atomic E-state index is 0.0122. The van der Waals surface area contributed by atoms with Gasteiger partial charge in [-0.3, -0.25) is 9.48 Å². The van der Waals surface area contributed by atoms with Crippen molar-refractivity contribution in [3.8, 4) is 0 Å². The van der Waals surface area contributed by atoms with Gasteiger partial charge in [0.25, 0.3) is 5.91 Å². The molecule has 0 saturated heterocycles. The summed E-state index contributed by atoms with van der Waals surface area (Å²) in [5, 5.41) is 7.83. The highest BCUT2D eigenvalue weighted by Gasteiger charge is 2.53. The molecule has 4 nitrogen and oxygen atoms in total. The second-order valence-electron chi connectivity index (χ2n) is 7.93. The fourth-order valence-corrected chi connectivity index (χ4v) is 4.83. The molecule has 0 bridgehead atoms. The number of carbonyl (C=O) groups is 1. The number of nitrogens with zero attached hydrogens (tertiary/aromatic N) is 2. The molecule has 2 aliphatic carbocycles. The van der Waals surface area contributed by atoms with Gasteiger partial charge in [0.1, 0.15) is 5.69 Å². The van der Waals surface area contributed by atoms with Crippen LogP contribution in [0.4, 0.5) is 0 Å². The fourth-order valence-electron chi connectivity index (χ4n) is 4.83. The summed E-state index contributed by atoms with van der Waals surface area (Å²) < 4.78 is 1.72. The maximum Gasteiger partial charge on any atom is 0.269 e. The summed E-state index contributed by atoms with van der Waals surface area (Å²) >= 11 is 0. The third-order valence-corrected chi connectivity index (χ3v) is 6.14. The van der Waals surface area contributed by atoms with Crippen LogP contribution in [0.25, 0.3) is 0 Å². The van der Waals surface area contributed by atoms with E-state index in [1.165, 1.54) is 24.8 Å². The number of nitrogens with one attached hydrogen (secondary N) is 1. The molecule has 25 heavy (non-hydrogen) atoms. The molecule has 4 heteroatoms. The van der Waals surface area contributed by atoms with Crippen LogP contribution in [0.15, 0.2) is 36.4 Å². The number of aromatic nitrogens is 2. The first-order chi connectivity index (χ1) is 12.1. The van der Waals surface area contributed by atoms with Crippen molar-refractivity contribution in [2.45, 2.75) is 51.0 Å². The molecule has 2 fully saturated rings. The highest BCUT2D eigenvalue weighted by atomic mass is 16.2. The van der Waals surface area contributed by atoms with Gasteiger partial charge in [0.05, 0.1) is 5.69 Å². The number of aryl methyl sites for hydroxylation is 1. The van der Waals surface area contributed by atoms with Crippen molar-refractivity contribution in [3.63, 3.8) is 0 Å². The van der Waals surface area contributed by atoms with Crippen LogP contribution in [0.5, 0.6) is 0 Å². The molecule has 0 spiro atoms. The number of fused-ring (bicyclic) bond motifs is 1. The van der Waals surface area contributed by atoms with Crippen LogP contribution >= 0.6 is 0 Å². The van der Waals surface area contributed by atoms with Crippen LogP contribution in [0.3, 0.4) is 0 Å². The van der Waals surface area contributed by atoms with Gasteiger partial charge < -0.3 is 5.32 Å². The quantitative estimate of drug-likeness (QED) is 0.921. The number of carbonyl (C=O) groups excluding carboxylic acids is 1. The Balaban J connectivity index is 1.55. The lowest BCUT2D eigenvalue weighted by atomic mass is 9.60. The summed E-state index contributed by atoms with van der Waals surface area (Å²) in [5.41, 5.74) is 3.00. The average Bonchev–Trinajstić information content (AvgIpc) is 3.18. The molecular weight excluding hydrogens is 310 g/mol. The summed E-state index contributed by atoms with van der Waals surface area (Å²) in [6, 6.07) is 12.9. The third kappa shape index (κ3) is 2.78. The maximum atomic E-state index is 12.9. The largest absolute Gasteiger partial charge is 0.347 e. The van der Waals surface area contributed by atoms with Crippen molar-refractivity contribution in [2.24, 2.45) is 18.9 Å². The number of rotatable bonds is 4. The van der Waals surface area contributed by atoms with Gasteiger partial charge >= 0.3 is 0 Å². The Morgan fingerprint density at radius 2 is 1.92 bits per heavy atom. The Morgan fingerprint density at radius 3 is 2.60 bits per heavy atom. The van der Waals surface area contributed by atoms with Crippen LogP contribution in [0, 0.1) is 11.8 Å². The molecule has 1 aromatic carbocycles. The lowest BCUT2D eigenvalue weighted by Crippen LogP contribution is -2.56. The van der Waals surface area contributed by atoms with E-state index in [2.05, 4.69) is 54.6 Å². The number of benzene rings is 1. The van der Waals surface area contributed by atoms with Gasteiger partial charge in [0, 0.05) is 19.0 Å². The van der Waals surface area contributed by atoms with E-state index < -0.39 is 0 Å². The van der Waals surface area contributed by atoms with Gasteiger partial charge in [-0.1, -0.05) is 50.6 Å². The zero-order valence-corrected chi connectivity index (χ0v) is 15.3. The summed E-state index contributed by atoms with van der Waals surface area (Å²) in [4.78, 5) is 12.9. The predicted octanol–water partition coefficient (Wildman–Crippen LogP) is 3.86. The molecular formula is C21H27N3O. The lowest BCUT2D eigenvalue weighted by Gasteiger charge is -2.49. The molecule has 1 aromatic heterocycles. The van der Waals surface area contributed by atoms with Crippen molar-refractivity contribution in [1.29, 1.82) is 0 Å². The molecule has 4 atom stereocenters. The summed E-state index contributed by atoms with van der Waals surface area (Å²) in [6.45, 7) is 4.20. The molecule has 132 valence electrons. The normalized spacial score (nSPS) is 27.8. The first kappa shape index (κ1) is 16.4. The summed E-state index contributed by atoms with van der Waals surface area (Å²) in [6.07, 6.45) is 3.82. The number of hydrogen-bond donors (Lipinski definition) is 1. The van der Waals surface area contributed by atoms with E-state index in [0.29, 0.717) is 23.4 Å². The van der Waals surface area contributed by atoms with E-state index in [9.17, 15) is 4.79 Å². The highest BCUT2D eigenvalue weighted by Crippen LogP contribution is 2.55. The zero-order valence-electron chi connectivity index (χ0n) is 15.3. The lowest BCUT2D eigenvalue weighted by molar-refractivity contribution is 0.0684. The SMILES string of the molecule is CC(C)c1cc(C(=O)N[C@@H]2[C@@H]3CCC[C@@H]3[C@@H]2c2ccccc2)n(C)n1. The molecule has 0 unspecified atom stereocenters. The van der Waals surface area contributed by atoms with Gasteiger partial charge in [-0.15, -0.1) is 0 Å². The number of hydrogen-bond acceptors (Lipinski definition) is 2. The van der Waals surface area contributed by atoms with Crippen molar-refractivity contribution < 1.29 is 4.79 Å². The molecule has 2 aliphatic rings. The number of amides is 1. The standard InChI is InChI=1S/C21H27N3O/c1-13(2)17-12-18(24(3)23-17)21(25)22-20-16-11-7-10-15(16)19(20)14-8-5-4-6-9-14/h4-6,8-9,12-13,15-16,19-20H,7,10-11H2,1-3H3,(H,22,25)/t15-,16+,19-,20+/m0/s1. The highest BCUT2D eigenvalue weighted by molar-refractivity contribution is 5.93. The van der Waals surface area contributed by atoms with E-state index in [4.69, 9.17) is 0 Å². The van der Waals surface area contributed by atoms with Crippen LogP contribution in [-0.4, -0.2) is 21.7 Å². The van der Waals surface area contributed by atoms with Gasteiger partial charge in [-0.2, -0.15) is 5.10 Å². The first-order valence-corrected chi connectivity index (χ1v) is 9.46. The second-order valence-corrected chi connectivity index (χ2v) is 7.93. The fraction of sp³-hybridized carbons (Fsp3) is 0.524. The van der Waals surface area contributed by atoms with Gasteiger partial charge in [0.15, 0.2) is 0 Å². The van der Waals surface area contributed by atoms with Gasteiger partial charge in [0.2, 0.25) is 0 Å². The topological polar surface area (TPSA) is 46.9 Å². The van der Waals surface area contributed by atoms with Gasteiger partial charge in [-0.05, 0) is 42.2 Å². The Bertz CT molecular complexity index is 765. The van der Waals surface area contributed by atoms with E-state index in [-0.39, 0.29) is 11.9 Å². The Labute approximate surface area is 149 Å². The van der Waals surface area contributed by atoms with Crippen LogP contribution < -0.4 is 5.32 Å². The van der Waals surface area contributed by atoms with E-state index in [1.54, 1.807) is 4.68 Å². The molecule has 0 radical (unpaired) electrons. The molecule has 1 N–H and O–H groups in total. The van der Waals surface area contributed by atoms with Crippen molar-refractivity contribution in [2.75, 3.05) is 0 Å². The van der Waals surface area contributed by atoms with E-state index >= 15 is 0 Å². The second kappa shape index (κ2) is 6.32. The molecule has 2 aromatic rings. The summed E-state index contributed by atoms with van der Waals surface area (Å²) in [5.74, 6) is 2.15. The maximum absolute atomic E-state index is 12.9. The molecule has 2 saturated carbocycles. The zero-order chi connectivity index (χ0) is 17.6. The van der Waals surface area contributed by atoms with E-state index in [1.807, 2.05) is 13.1 Å². The molecule has 4 rings (SSSR count). The van der Waals surface area contributed by atoms with Crippen molar-refractivity contribution in [1.82, 2.24) is 15.1 Å². The van der Waals surface area contributed by atoms with Crippen molar-refractivity contribution in [3.05, 3.63) is 53.3 Å². The predicted molar refractivity (Wildman–Crippen MR) is 98.6 cm³/mol. The minimum atomic E-state index is 0.0122. The first-order valence-electron chi connectivity index (χ1n) is 9.46. The Hall–Kier alpha value is -2.10. The van der Waals surface area contributed by atoms with Crippen LogP contribution in [0.2, 0.25) is 0 Å². The molecule has 0 aliphatic heterocycles. The van der Waals surface area contributed by atoms with Crippen molar-refractivity contribution >= 4 is 5.91 Å². The summed E-state index contributed by atoms with van der Waals surface area (Å²) in [7, 11) is 1.86.